The van der Waals surface area contributed by atoms with Crippen molar-refractivity contribution in [3.63, 3.8) is 0 Å². The van der Waals surface area contributed by atoms with Crippen molar-refractivity contribution in [2.75, 3.05) is 31.6 Å². The highest BCUT2D eigenvalue weighted by Crippen LogP contribution is 2.31. The highest BCUT2D eigenvalue weighted by Gasteiger charge is 2.31. The average Bonchev–Trinajstić information content (AvgIpc) is 2.94. The molecule has 2 aliphatic heterocycles. The Labute approximate surface area is 103 Å². The SMILES string of the molecule is CC1(NCC2CNc3ccccc32)CCOC1. The van der Waals surface area contributed by atoms with Gasteiger partial charge in [-0.1, -0.05) is 18.2 Å². The molecule has 2 heterocycles. The summed E-state index contributed by atoms with van der Waals surface area (Å²) in [5, 5.41) is 7.14. The fourth-order valence-electron chi connectivity index (χ4n) is 2.72. The first-order valence-electron chi connectivity index (χ1n) is 6.42. The van der Waals surface area contributed by atoms with Crippen molar-refractivity contribution in [1.29, 1.82) is 0 Å². The Hall–Kier alpha value is -1.06. The van der Waals surface area contributed by atoms with Crippen LogP contribution in [0, 0.1) is 0 Å². The predicted octanol–water partition coefficient (Wildman–Crippen LogP) is 1.96. The molecule has 3 nitrogen and oxygen atoms in total. The van der Waals surface area contributed by atoms with Crippen molar-refractivity contribution in [3.8, 4) is 0 Å². The molecule has 0 bridgehead atoms. The number of para-hydroxylation sites is 1. The van der Waals surface area contributed by atoms with Crippen LogP contribution in [0.15, 0.2) is 24.3 Å². The first-order valence-corrected chi connectivity index (χ1v) is 6.42. The zero-order valence-corrected chi connectivity index (χ0v) is 10.3. The van der Waals surface area contributed by atoms with E-state index >= 15 is 0 Å². The normalized spacial score (nSPS) is 31.2. The molecule has 3 heteroatoms. The van der Waals surface area contributed by atoms with Crippen LogP contribution in [0.4, 0.5) is 5.69 Å². The summed E-state index contributed by atoms with van der Waals surface area (Å²) in [4.78, 5) is 0. The van der Waals surface area contributed by atoms with Crippen LogP contribution in [0.25, 0.3) is 0 Å². The molecule has 0 spiro atoms. The number of fused-ring (bicyclic) bond motifs is 1. The molecule has 0 saturated carbocycles. The standard InChI is InChI=1S/C14H20N2O/c1-14(6-7-17-10-14)16-9-11-8-15-13-5-3-2-4-12(11)13/h2-5,11,15-16H,6-10H2,1H3. The lowest BCUT2D eigenvalue weighted by Gasteiger charge is -2.25. The van der Waals surface area contributed by atoms with E-state index in [1.54, 1.807) is 0 Å². The fourth-order valence-corrected chi connectivity index (χ4v) is 2.72. The summed E-state index contributed by atoms with van der Waals surface area (Å²) >= 11 is 0. The second-order valence-electron chi connectivity index (χ2n) is 5.41. The average molecular weight is 232 g/mol. The second kappa shape index (κ2) is 4.31. The third kappa shape index (κ3) is 2.17. The molecule has 1 saturated heterocycles. The van der Waals surface area contributed by atoms with Crippen LogP contribution in [0.5, 0.6) is 0 Å². The number of hydrogen-bond acceptors (Lipinski definition) is 3. The molecular weight excluding hydrogens is 212 g/mol. The summed E-state index contributed by atoms with van der Waals surface area (Å²) in [6.45, 7) is 6.07. The predicted molar refractivity (Wildman–Crippen MR) is 69.5 cm³/mol. The van der Waals surface area contributed by atoms with Crippen LogP contribution in [0.3, 0.4) is 0 Å². The lowest BCUT2D eigenvalue weighted by Crippen LogP contribution is -2.44. The maximum absolute atomic E-state index is 5.47. The Balaban J connectivity index is 1.64. The van der Waals surface area contributed by atoms with E-state index in [1.807, 2.05) is 0 Å². The van der Waals surface area contributed by atoms with Crippen molar-refractivity contribution in [1.82, 2.24) is 5.32 Å². The van der Waals surface area contributed by atoms with Crippen molar-refractivity contribution in [2.24, 2.45) is 0 Å². The maximum atomic E-state index is 5.47. The van der Waals surface area contributed by atoms with Gasteiger partial charge >= 0.3 is 0 Å². The minimum atomic E-state index is 0.178. The largest absolute Gasteiger partial charge is 0.384 e. The molecule has 2 atom stereocenters. The molecule has 2 N–H and O–H groups in total. The maximum Gasteiger partial charge on any atom is 0.0646 e. The van der Waals surface area contributed by atoms with Crippen molar-refractivity contribution in [2.45, 2.75) is 24.8 Å². The van der Waals surface area contributed by atoms with Crippen molar-refractivity contribution >= 4 is 5.69 Å². The molecular formula is C14H20N2O. The van der Waals surface area contributed by atoms with Crippen LogP contribution in [0.2, 0.25) is 0 Å². The number of nitrogens with one attached hydrogen (secondary N) is 2. The molecule has 1 aromatic rings. The summed E-state index contributed by atoms with van der Waals surface area (Å²) in [6, 6.07) is 8.61. The highest BCUT2D eigenvalue weighted by atomic mass is 16.5. The summed E-state index contributed by atoms with van der Waals surface area (Å²) in [6.07, 6.45) is 1.12. The number of hydrogen-bond donors (Lipinski definition) is 2. The summed E-state index contributed by atoms with van der Waals surface area (Å²) in [5.74, 6) is 0.587. The minimum absolute atomic E-state index is 0.178. The Morgan fingerprint density at radius 1 is 1.47 bits per heavy atom. The first kappa shape index (κ1) is 11.1. The lowest BCUT2D eigenvalue weighted by molar-refractivity contribution is 0.171. The number of ether oxygens (including phenoxy) is 1. The zero-order valence-electron chi connectivity index (χ0n) is 10.3. The van der Waals surface area contributed by atoms with Gasteiger partial charge in [0.15, 0.2) is 0 Å². The highest BCUT2D eigenvalue weighted by molar-refractivity contribution is 5.57. The number of anilines is 1. The van der Waals surface area contributed by atoms with Gasteiger partial charge in [-0.3, -0.25) is 0 Å². The number of rotatable bonds is 3. The first-order chi connectivity index (χ1) is 8.27. The van der Waals surface area contributed by atoms with Gasteiger partial charge in [-0.2, -0.15) is 0 Å². The Morgan fingerprint density at radius 3 is 3.18 bits per heavy atom. The zero-order chi connectivity index (χ0) is 11.7. The molecule has 2 unspecified atom stereocenters. The third-order valence-corrected chi connectivity index (χ3v) is 3.93. The van der Waals surface area contributed by atoms with E-state index in [0.717, 1.165) is 32.7 Å². The minimum Gasteiger partial charge on any atom is -0.384 e. The van der Waals surface area contributed by atoms with E-state index in [4.69, 9.17) is 4.74 Å². The van der Waals surface area contributed by atoms with Gasteiger partial charge in [0.1, 0.15) is 0 Å². The monoisotopic (exact) mass is 232 g/mol. The quantitative estimate of drug-likeness (QED) is 0.836. The van der Waals surface area contributed by atoms with Gasteiger partial charge in [0.25, 0.3) is 0 Å². The fraction of sp³-hybridized carbons (Fsp3) is 0.571. The van der Waals surface area contributed by atoms with Gasteiger partial charge in [0, 0.05) is 36.8 Å². The second-order valence-corrected chi connectivity index (χ2v) is 5.41. The van der Waals surface area contributed by atoms with E-state index in [-0.39, 0.29) is 5.54 Å². The summed E-state index contributed by atoms with van der Waals surface area (Å²) < 4.78 is 5.47. The molecule has 92 valence electrons. The van der Waals surface area contributed by atoms with Crippen LogP contribution in [-0.4, -0.2) is 31.8 Å². The number of benzene rings is 1. The topological polar surface area (TPSA) is 33.3 Å². The van der Waals surface area contributed by atoms with Gasteiger partial charge < -0.3 is 15.4 Å². The Bertz CT molecular complexity index is 399. The molecule has 2 aliphatic rings. The third-order valence-electron chi connectivity index (χ3n) is 3.93. The molecule has 0 radical (unpaired) electrons. The van der Waals surface area contributed by atoms with Crippen LogP contribution in [0.1, 0.15) is 24.8 Å². The summed E-state index contributed by atoms with van der Waals surface area (Å²) in [5.41, 5.74) is 2.92. The smallest absolute Gasteiger partial charge is 0.0646 e. The Kier molecular flexibility index (Phi) is 2.81. The van der Waals surface area contributed by atoms with Gasteiger partial charge in [0.2, 0.25) is 0 Å². The molecule has 0 aromatic heterocycles. The van der Waals surface area contributed by atoms with Gasteiger partial charge in [-0.15, -0.1) is 0 Å². The molecule has 17 heavy (non-hydrogen) atoms. The van der Waals surface area contributed by atoms with E-state index < -0.39 is 0 Å². The lowest BCUT2D eigenvalue weighted by atomic mass is 9.97. The van der Waals surface area contributed by atoms with Crippen molar-refractivity contribution in [3.05, 3.63) is 29.8 Å². The molecule has 0 aliphatic carbocycles. The van der Waals surface area contributed by atoms with Crippen molar-refractivity contribution < 1.29 is 4.74 Å². The summed E-state index contributed by atoms with van der Waals surface area (Å²) in [7, 11) is 0. The van der Waals surface area contributed by atoms with Crippen LogP contribution >= 0.6 is 0 Å². The molecule has 1 fully saturated rings. The van der Waals surface area contributed by atoms with Crippen LogP contribution in [-0.2, 0) is 4.74 Å². The van der Waals surface area contributed by atoms with E-state index in [0.29, 0.717) is 5.92 Å². The van der Waals surface area contributed by atoms with E-state index in [2.05, 4.69) is 41.8 Å². The molecule has 3 rings (SSSR count). The van der Waals surface area contributed by atoms with Crippen LogP contribution < -0.4 is 10.6 Å². The molecule has 0 amide bonds. The molecule has 1 aromatic carbocycles. The Morgan fingerprint density at radius 2 is 2.35 bits per heavy atom. The van der Waals surface area contributed by atoms with Gasteiger partial charge in [-0.25, -0.2) is 0 Å². The van der Waals surface area contributed by atoms with E-state index in [9.17, 15) is 0 Å². The van der Waals surface area contributed by atoms with E-state index in [1.165, 1.54) is 11.3 Å². The van der Waals surface area contributed by atoms with Gasteiger partial charge in [-0.05, 0) is 25.0 Å². The van der Waals surface area contributed by atoms with Gasteiger partial charge in [0.05, 0.1) is 6.61 Å².